The van der Waals surface area contributed by atoms with E-state index >= 15 is 0 Å². The van der Waals surface area contributed by atoms with Crippen molar-refractivity contribution in [1.29, 1.82) is 0 Å². The van der Waals surface area contributed by atoms with Gasteiger partial charge in [0.1, 0.15) is 0 Å². The molecule has 0 bridgehead atoms. The Labute approximate surface area is 114 Å². The predicted molar refractivity (Wildman–Crippen MR) is 65.2 cm³/mol. The fourth-order valence-electron chi connectivity index (χ4n) is 1.82. The van der Waals surface area contributed by atoms with Crippen molar-refractivity contribution in [3.05, 3.63) is 34.4 Å². The van der Waals surface area contributed by atoms with Gasteiger partial charge in [0, 0.05) is 18.4 Å². The van der Waals surface area contributed by atoms with E-state index in [9.17, 15) is 13.6 Å². The average molecular weight is 291 g/mol. The lowest BCUT2D eigenvalue weighted by Crippen LogP contribution is -2.25. The van der Waals surface area contributed by atoms with Crippen molar-refractivity contribution >= 4 is 17.4 Å². The van der Waals surface area contributed by atoms with Crippen molar-refractivity contribution in [2.45, 2.75) is 25.6 Å². The minimum absolute atomic E-state index is 0.0172. The summed E-state index contributed by atoms with van der Waals surface area (Å²) in [5, 5.41) is -0.0885. The number of Topliss-reactive ketones (excluding diaryl/α,β-unsaturated/α-hetero) is 1. The number of hydrogen-bond donors (Lipinski definition) is 0. The fourth-order valence-corrected chi connectivity index (χ4v) is 2.08. The van der Waals surface area contributed by atoms with Crippen LogP contribution in [-0.2, 0) is 9.47 Å². The highest BCUT2D eigenvalue weighted by Crippen LogP contribution is 2.22. The molecular formula is C13H13ClF2O3. The second-order valence-electron chi connectivity index (χ2n) is 4.23. The third-order valence-electron chi connectivity index (χ3n) is 2.81. The van der Waals surface area contributed by atoms with Gasteiger partial charge in [-0.05, 0) is 18.6 Å². The highest BCUT2D eigenvalue weighted by atomic mass is 35.5. The number of ether oxygens (including phenoxy) is 2. The summed E-state index contributed by atoms with van der Waals surface area (Å²) in [5.74, 6) is -2.51. The quantitative estimate of drug-likeness (QED) is 0.630. The first-order chi connectivity index (χ1) is 9.08. The van der Waals surface area contributed by atoms with E-state index in [2.05, 4.69) is 0 Å². The fraction of sp³-hybridized carbons (Fsp3) is 0.462. The molecule has 1 aromatic carbocycles. The number of halogens is 3. The Balaban J connectivity index is 1.97. The van der Waals surface area contributed by atoms with Gasteiger partial charge < -0.3 is 9.47 Å². The van der Waals surface area contributed by atoms with Crippen molar-refractivity contribution < 1.29 is 23.0 Å². The molecule has 1 saturated heterocycles. The Morgan fingerprint density at radius 1 is 1.26 bits per heavy atom. The van der Waals surface area contributed by atoms with E-state index in [1.54, 1.807) is 0 Å². The van der Waals surface area contributed by atoms with Gasteiger partial charge in [-0.25, -0.2) is 8.78 Å². The predicted octanol–water partition coefficient (Wildman–Crippen LogP) is 3.34. The first-order valence-corrected chi connectivity index (χ1v) is 6.36. The van der Waals surface area contributed by atoms with Gasteiger partial charge in [-0.15, -0.1) is 0 Å². The van der Waals surface area contributed by atoms with E-state index in [0.29, 0.717) is 19.6 Å². The van der Waals surface area contributed by atoms with E-state index in [1.165, 1.54) is 0 Å². The van der Waals surface area contributed by atoms with Gasteiger partial charge >= 0.3 is 0 Å². The molecule has 0 aromatic heterocycles. The van der Waals surface area contributed by atoms with Gasteiger partial charge in [-0.3, -0.25) is 4.79 Å². The first kappa shape index (κ1) is 14.4. The molecule has 1 heterocycles. The molecule has 0 aliphatic carbocycles. The minimum Gasteiger partial charge on any atom is -0.353 e. The molecule has 1 aromatic rings. The maximum atomic E-state index is 13.1. The largest absolute Gasteiger partial charge is 0.353 e. The van der Waals surface area contributed by atoms with Crippen molar-refractivity contribution in [3.8, 4) is 0 Å². The summed E-state index contributed by atoms with van der Waals surface area (Å²) >= 11 is 5.73. The molecule has 19 heavy (non-hydrogen) atoms. The number of hydrogen-bond acceptors (Lipinski definition) is 3. The molecule has 0 amide bonds. The number of carbonyl (C=O) groups excluding carboxylic acids is 1. The van der Waals surface area contributed by atoms with Crippen molar-refractivity contribution in [2.75, 3.05) is 13.2 Å². The van der Waals surface area contributed by atoms with Gasteiger partial charge in [0.25, 0.3) is 0 Å². The summed E-state index contributed by atoms with van der Waals surface area (Å²) < 4.78 is 36.6. The second kappa shape index (κ2) is 6.41. The zero-order valence-electron chi connectivity index (χ0n) is 10.1. The molecule has 2 rings (SSSR count). The van der Waals surface area contributed by atoms with Gasteiger partial charge in [0.2, 0.25) is 0 Å². The summed E-state index contributed by atoms with van der Waals surface area (Å²) in [4.78, 5) is 11.9. The number of rotatable bonds is 4. The summed E-state index contributed by atoms with van der Waals surface area (Å²) in [5.41, 5.74) is -0.0172. The summed E-state index contributed by atoms with van der Waals surface area (Å²) in [6, 6.07) is 1.63. The SMILES string of the molecule is O=C(CCC1OCCCO1)c1cc(F)c(F)cc1Cl. The molecule has 104 valence electrons. The van der Waals surface area contributed by atoms with Crippen LogP contribution in [0.3, 0.4) is 0 Å². The smallest absolute Gasteiger partial charge is 0.164 e. The molecule has 0 N–H and O–H groups in total. The van der Waals surface area contributed by atoms with Crippen LogP contribution in [-0.4, -0.2) is 25.3 Å². The third kappa shape index (κ3) is 3.72. The molecule has 1 aliphatic rings. The van der Waals surface area contributed by atoms with Crippen LogP contribution in [0.2, 0.25) is 5.02 Å². The molecular weight excluding hydrogens is 278 g/mol. The molecule has 0 spiro atoms. The first-order valence-electron chi connectivity index (χ1n) is 5.99. The maximum absolute atomic E-state index is 13.1. The van der Waals surface area contributed by atoms with Crippen molar-refractivity contribution in [2.24, 2.45) is 0 Å². The van der Waals surface area contributed by atoms with E-state index in [-0.39, 0.29) is 22.8 Å². The number of carbonyl (C=O) groups is 1. The number of benzene rings is 1. The Hall–Kier alpha value is -1.04. The Bertz CT molecular complexity index is 473. The maximum Gasteiger partial charge on any atom is 0.164 e. The van der Waals surface area contributed by atoms with Crippen LogP contribution < -0.4 is 0 Å². The lowest BCUT2D eigenvalue weighted by atomic mass is 10.1. The number of ketones is 1. The van der Waals surface area contributed by atoms with Gasteiger partial charge in [0.15, 0.2) is 23.7 Å². The van der Waals surface area contributed by atoms with Crippen LogP contribution in [0.25, 0.3) is 0 Å². The molecule has 0 saturated carbocycles. The van der Waals surface area contributed by atoms with Crippen LogP contribution in [0.15, 0.2) is 12.1 Å². The molecule has 0 atom stereocenters. The van der Waals surface area contributed by atoms with Crippen molar-refractivity contribution in [1.82, 2.24) is 0 Å². The van der Waals surface area contributed by atoms with Gasteiger partial charge in [-0.1, -0.05) is 11.6 Å². The standard InChI is InChI=1S/C13H13ClF2O3/c14-9-7-11(16)10(15)6-8(9)12(17)2-3-13-18-4-1-5-19-13/h6-7,13H,1-5H2. The van der Waals surface area contributed by atoms with Crippen LogP contribution in [0, 0.1) is 11.6 Å². The topological polar surface area (TPSA) is 35.5 Å². The van der Waals surface area contributed by atoms with Crippen molar-refractivity contribution in [3.63, 3.8) is 0 Å². The highest BCUT2D eigenvalue weighted by Gasteiger charge is 2.19. The molecule has 1 fully saturated rings. The van der Waals surface area contributed by atoms with E-state index in [4.69, 9.17) is 21.1 Å². The molecule has 3 nitrogen and oxygen atoms in total. The van der Waals surface area contributed by atoms with Crippen LogP contribution in [0.4, 0.5) is 8.78 Å². The second-order valence-corrected chi connectivity index (χ2v) is 4.64. The highest BCUT2D eigenvalue weighted by molar-refractivity contribution is 6.33. The molecule has 0 unspecified atom stereocenters. The minimum atomic E-state index is -1.09. The Kier molecular flexibility index (Phi) is 4.85. The molecule has 1 aliphatic heterocycles. The van der Waals surface area contributed by atoms with Gasteiger partial charge in [-0.2, -0.15) is 0 Å². The average Bonchev–Trinajstić information content (AvgIpc) is 2.41. The van der Waals surface area contributed by atoms with Gasteiger partial charge in [0.05, 0.1) is 18.2 Å². The summed E-state index contributed by atoms with van der Waals surface area (Å²) in [6.07, 6.45) is 0.894. The van der Waals surface area contributed by atoms with E-state index in [1.807, 2.05) is 0 Å². The Morgan fingerprint density at radius 3 is 2.58 bits per heavy atom. The van der Waals surface area contributed by atoms with E-state index < -0.39 is 17.9 Å². The Morgan fingerprint density at radius 2 is 1.89 bits per heavy atom. The normalized spacial score (nSPS) is 16.6. The monoisotopic (exact) mass is 290 g/mol. The molecule has 0 radical (unpaired) electrons. The lowest BCUT2D eigenvalue weighted by molar-refractivity contribution is -0.180. The summed E-state index contributed by atoms with van der Waals surface area (Å²) in [7, 11) is 0. The molecule has 6 heteroatoms. The van der Waals surface area contributed by atoms with E-state index in [0.717, 1.165) is 18.6 Å². The zero-order chi connectivity index (χ0) is 13.8. The van der Waals surface area contributed by atoms with Crippen LogP contribution in [0.5, 0.6) is 0 Å². The van der Waals surface area contributed by atoms with Crippen LogP contribution in [0.1, 0.15) is 29.6 Å². The van der Waals surface area contributed by atoms with Crippen LogP contribution >= 0.6 is 11.6 Å². The summed E-state index contributed by atoms with van der Waals surface area (Å²) in [6.45, 7) is 1.20. The lowest BCUT2D eigenvalue weighted by Gasteiger charge is -2.22. The third-order valence-corrected chi connectivity index (χ3v) is 3.13. The zero-order valence-corrected chi connectivity index (χ0v) is 10.9.